The van der Waals surface area contributed by atoms with E-state index in [2.05, 4.69) is 0 Å². The van der Waals surface area contributed by atoms with Crippen LogP contribution in [0.1, 0.15) is 59.3 Å². The van der Waals surface area contributed by atoms with E-state index in [9.17, 15) is 17.8 Å². The molecule has 0 saturated heterocycles. The van der Waals surface area contributed by atoms with E-state index in [1.165, 1.54) is 30.3 Å². The van der Waals surface area contributed by atoms with Crippen molar-refractivity contribution in [3.63, 3.8) is 0 Å². The van der Waals surface area contributed by atoms with Gasteiger partial charge in [-0.1, -0.05) is 217 Å². The zero-order valence-corrected chi connectivity index (χ0v) is 30.2. The van der Waals surface area contributed by atoms with Crippen LogP contribution in [0.5, 0.6) is 0 Å². The van der Waals surface area contributed by atoms with Crippen LogP contribution in [0.15, 0.2) is 206 Å². The SMILES string of the molecule is [2H]c1c([2H])c([2H])c(P(=S)(c2ccc3c(c2)C2(c4ccccc4-3)c3c([2H])c([2H])c([2H])c([2H])c3-c3c([2H])c([2H])c(P(=S)(c4c([2H])c([2H])c([2H])c([2H])c4[2H])c4c([2H])c([2H])c([2H])c([2H])c4[2H])c([2H])c32)c2c([2H])c([2H])c([2H])c([2H])c2[2H])c([2H])c1[2H]. The summed E-state index contributed by atoms with van der Waals surface area (Å²) in [7, 11) is 0. The summed E-state index contributed by atoms with van der Waals surface area (Å²) in [6, 6.07) is -24.4. The van der Waals surface area contributed by atoms with Crippen LogP contribution < -0.4 is 31.8 Å². The summed E-state index contributed by atoms with van der Waals surface area (Å²) in [6.07, 6.45) is 0. The van der Waals surface area contributed by atoms with E-state index in [1.807, 2.05) is 0 Å². The first-order valence-corrected chi connectivity index (χ1v) is 21.4. The Kier molecular flexibility index (Phi) is 3.58. The van der Waals surface area contributed by atoms with E-state index in [0.29, 0.717) is 0 Å². The standard InChI is InChI=1S/C49H34P2S2/c52-50(35-17-5-1-6-18-35,36-19-7-2-8-20-36)39-29-31-43-41-25-13-15-27-45(41)49(47(43)33-39)46-28-16-14-26-42(46)44-32-30-40(34-48(44)49)51(53,37-21-9-3-10-22-37)38-23-11-4-12-24-38/h1-34H/i1D,2D,3D,4D,5D,6D,7D,8D,9D,10D,11D,12D,13D,15D,17D,18D,19D,20D,21D,22D,23D,24D,25D,27D,29D,31D,33D. The molecule has 53 heavy (non-hydrogen) atoms. The molecule has 252 valence electrons. The molecule has 0 nitrogen and oxygen atoms in total. The lowest BCUT2D eigenvalue weighted by Gasteiger charge is -2.33. The molecule has 2 aliphatic rings. The largest absolute Gasteiger partial charge is 0.0826 e. The maximum atomic E-state index is 10.7. The van der Waals surface area contributed by atoms with Crippen LogP contribution in [-0.2, 0) is 29.0 Å². The third kappa shape index (κ3) is 4.67. The minimum absolute atomic E-state index is 0.0781. The smallest absolute Gasteiger partial charge is 0.0726 e. The molecule has 1 atom stereocenters. The van der Waals surface area contributed by atoms with Crippen LogP contribution in [0, 0.1) is 0 Å². The van der Waals surface area contributed by atoms with Gasteiger partial charge >= 0.3 is 0 Å². The molecule has 0 bridgehead atoms. The highest BCUT2D eigenvalue weighted by molar-refractivity contribution is 8.26. The van der Waals surface area contributed by atoms with E-state index in [-0.39, 0.29) is 33.1 Å². The average molecular weight is 776 g/mol. The molecule has 2 aliphatic carbocycles. The molecular formula is C49H34P2S2. The molecule has 8 aromatic carbocycles. The Morgan fingerprint density at radius 2 is 0.830 bits per heavy atom. The summed E-state index contributed by atoms with van der Waals surface area (Å²) in [5, 5.41) is -4.06. The Morgan fingerprint density at radius 3 is 1.42 bits per heavy atom. The van der Waals surface area contributed by atoms with Crippen LogP contribution >= 0.6 is 12.1 Å². The van der Waals surface area contributed by atoms with Crippen molar-refractivity contribution in [2.75, 3.05) is 0 Å². The average Bonchev–Trinajstić information content (AvgIpc) is 4.05. The predicted molar refractivity (Wildman–Crippen MR) is 235 cm³/mol. The highest BCUT2D eigenvalue weighted by atomic mass is 32.4. The second-order valence-electron chi connectivity index (χ2n) is 11.9. The van der Waals surface area contributed by atoms with Gasteiger partial charge in [-0.05, 0) is 88.4 Å². The van der Waals surface area contributed by atoms with E-state index < -0.39 is 224 Å². The van der Waals surface area contributed by atoms with Gasteiger partial charge in [-0.25, -0.2) is 0 Å². The van der Waals surface area contributed by atoms with Gasteiger partial charge in [-0.2, -0.15) is 0 Å². The highest BCUT2D eigenvalue weighted by Crippen LogP contribution is 2.63. The van der Waals surface area contributed by atoms with Gasteiger partial charge in [0.2, 0.25) is 0 Å². The summed E-state index contributed by atoms with van der Waals surface area (Å²) >= 11 is 13.1. The minimum atomic E-state index is -5.16. The lowest BCUT2D eigenvalue weighted by atomic mass is 9.70. The van der Waals surface area contributed by atoms with E-state index in [1.54, 1.807) is 12.1 Å². The van der Waals surface area contributed by atoms with E-state index in [0.717, 1.165) is 0 Å². The topological polar surface area (TPSA) is 0 Å². The molecule has 0 amide bonds. The van der Waals surface area contributed by atoms with Crippen molar-refractivity contribution in [1.82, 2.24) is 0 Å². The van der Waals surface area contributed by atoms with Crippen LogP contribution in [0.3, 0.4) is 0 Å². The molecule has 0 radical (unpaired) electrons. The Morgan fingerprint density at radius 1 is 0.358 bits per heavy atom. The molecule has 10 rings (SSSR count). The number of hydrogen-bond donors (Lipinski definition) is 0. The molecule has 4 heteroatoms. The number of hydrogen-bond acceptors (Lipinski definition) is 2. The first-order chi connectivity index (χ1) is 37.3. The fourth-order valence-corrected chi connectivity index (χ4v) is 13.1. The second kappa shape index (κ2) is 12.6. The van der Waals surface area contributed by atoms with Crippen LogP contribution in [0.25, 0.3) is 22.3 Å². The maximum Gasteiger partial charge on any atom is 0.0726 e. The lowest BCUT2D eigenvalue weighted by Crippen LogP contribution is -2.31. The molecule has 0 fully saturated rings. The second-order valence-corrected chi connectivity index (χ2v) is 20.3. The van der Waals surface area contributed by atoms with Gasteiger partial charge in [0, 0.05) is 12.1 Å². The van der Waals surface area contributed by atoms with Crippen LogP contribution in [0.2, 0.25) is 0 Å². The normalized spacial score (nSPS) is 22.5. The van der Waals surface area contributed by atoms with Crippen molar-refractivity contribution in [2.45, 2.75) is 5.41 Å². The molecule has 0 saturated carbocycles. The van der Waals surface area contributed by atoms with Gasteiger partial charge in [0.25, 0.3) is 0 Å². The van der Waals surface area contributed by atoms with Crippen LogP contribution in [0.4, 0.5) is 0 Å². The molecule has 0 aromatic heterocycles. The van der Waals surface area contributed by atoms with E-state index in [4.69, 9.17) is 42.8 Å². The number of rotatable bonds is 6. The van der Waals surface area contributed by atoms with E-state index >= 15 is 0 Å². The Balaban J connectivity index is 1.49. The predicted octanol–water partition coefficient (Wildman–Crippen LogP) is 9.54. The quantitative estimate of drug-likeness (QED) is 0.155. The third-order valence-corrected chi connectivity index (χ3v) is 18.0. The van der Waals surface area contributed by atoms with Gasteiger partial charge < -0.3 is 0 Å². The Hall–Kier alpha value is -4.94. The first kappa shape index (κ1) is 15.1. The van der Waals surface area contributed by atoms with Gasteiger partial charge in [0.05, 0.1) is 42.4 Å². The molecular weight excluding hydrogens is 715 g/mol. The molecule has 0 aliphatic heterocycles. The highest BCUT2D eigenvalue weighted by Gasteiger charge is 2.52. The van der Waals surface area contributed by atoms with Gasteiger partial charge in [-0.3, -0.25) is 0 Å². The Bertz CT molecular complexity index is 4110. The minimum Gasteiger partial charge on any atom is -0.0826 e. The first-order valence-electron chi connectivity index (χ1n) is 29.3. The van der Waals surface area contributed by atoms with Gasteiger partial charge in [0.1, 0.15) is 0 Å². The van der Waals surface area contributed by atoms with Crippen molar-refractivity contribution >= 4 is 67.5 Å². The number of fused-ring (bicyclic) bond motifs is 10. The zero-order valence-electron chi connectivity index (χ0n) is 53.8. The molecule has 1 unspecified atom stereocenters. The van der Waals surface area contributed by atoms with Gasteiger partial charge in [0.15, 0.2) is 0 Å². The van der Waals surface area contributed by atoms with Crippen LogP contribution in [-0.4, -0.2) is 0 Å². The summed E-state index contributed by atoms with van der Waals surface area (Å²) in [5.74, 6) is 0. The zero-order chi connectivity index (χ0) is 59.1. The maximum absolute atomic E-state index is 10.7. The molecule has 8 aromatic rings. The van der Waals surface area contributed by atoms with Crippen molar-refractivity contribution in [1.29, 1.82) is 0 Å². The summed E-state index contributed by atoms with van der Waals surface area (Å²) in [5.41, 5.74) is -3.54. The summed E-state index contributed by atoms with van der Waals surface area (Å²) in [4.78, 5) is 0. The molecule has 1 spiro atoms. The fraction of sp³-hybridized carbons (Fsp3) is 0.0204. The third-order valence-electron chi connectivity index (χ3n) is 9.40. The Labute approximate surface area is 359 Å². The molecule has 0 N–H and O–H groups in total. The summed E-state index contributed by atoms with van der Waals surface area (Å²) < 4.78 is 246. The van der Waals surface area contributed by atoms with Gasteiger partial charge in [-0.15, -0.1) is 0 Å². The lowest BCUT2D eigenvalue weighted by molar-refractivity contribution is 0.795. The summed E-state index contributed by atoms with van der Waals surface area (Å²) in [6.45, 7) is 0. The van der Waals surface area contributed by atoms with Crippen molar-refractivity contribution in [2.24, 2.45) is 0 Å². The van der Waals surface area contributed by atoms with Crippen molar-refractivity contribution < 1.29 is 37.0 Å². The van der Waals surface area contributed by atoms with Crippen molar-refractivity contribution in [3.8, 4) is 22.3 Å². The number of benzene rings is 8. The monoisotopic (exact) mass is 775 g/mol. The van der Waals surface area contributed by atoms with Crippen molar-refractivity contribution in [3.05, 3.63) is 228 Å². The molecule has 0 heterocycles. The fourth-order valence-electron chi connectivity index (χ4n) is 7.24.